The van der Waals surface area contributed by atoms with E-state index < -0.39 is 0 Å². The fourth-order valence-electron chi connectivity index (χ4n) is 2.55. The summed E-state index contributed by atoms with van der Waals surface area (Å²) in [5.74, 6) is 1.05. The Morgan fingerprint density at radius 2 is 2.26 bits per heavy atom. The van der Waals surface area contributed by atoms with Crippen LogP contribution in [0.15, 0.2) is 15.9 Å². The molecule has 2 heterocycles. The minimum atomic E-state index is 0.312. The molecular formula is C14H21BrN2OS. The zero-order valence-electron chi connectivity index (χ0n) is 11.3. The monoisotopic (exact) mass is 344 g/mol. The Balaban J connectivity index is 1.72. The van der Waals surface area contributed by atoms with Crippen molar-refractivity contribution in [2.75, 3.05) is 26.7 Å². The first kappa shape index (κ1) is 15.0. The van der Waals surface area contributed by atoms with Gasteiger partial charge in [-0.1, -0.05) is 0 Å². The second-order valence-corrected chi connectivity index (χ2v) is 7.02. The Hall–Kier alpha value is -0.390. The molecule has 106 valence electrons. The van der Waals surface area contributed by atoms with Gasteiger partial charge in [-0.25, -0.2) is 0 Å². The van der Waals surface area contributed by atoms with E-state index in [4.69, 9.17) is 0 Å². The van der Waals surface area contributed by atoms with Crippen molar-refractivity contribution in [2.45, 2.75) is 25.7 Å². The first-order valence-corrected chi connectivity index (χ1v) is 8.51. The summed E-state index contributed by atoms with van der Waals surface area (Å²) in [5.41, 5.74) is 0. The molecule has 0 saturated carbocycles. The number of likely N-dealkylation sites (tertiary alicyclic amines) is 1. The molecule has 0 spiro atoms. The molecule has 0 unspecified atom stereocenters. The highest BCUT2D eigenvalue weighted by Gasteiger charge is 2.21. The molecule has 1 aliphatic rings. The third kappa shape index (κ3) is 4.58. The van der Waals surface area contributed by atoms with Crippen molar-refractivity contribution in [1.29, 1.82) is 0 Å². The van der Waals surface area contributed by atoms with Gasteiger partial charge in [0.1, 0.15) is 0 Å². The number of thiophene rings is 1. The molecule has 19 heavy (non-hydrogen) atoms. The summed E-state index contributed by atoms with van der Waals surface area (Å²) >= 11 is 5.17. The lowest BCUT2D eigenvalue weighted by atomic mass is 9.96. The van der Waals surface area contributed by atoms with Crippen LogP contribution in [0.3, 0.4) is 0 Å². The van der Waals surface area contributed by atoms with E-state index in [1.54, 1.807) is 11.3 Å². The summed E-state index contributed by atoms with van der Waals surface area (Å²) in [6.45, 7) is 2.93. The standard InChI is InChI=1S/C14H21BrN2OS/c1-16-9-11-4-6-17(7-5-11)14(18)3-2-13-8-12(15)10-19-13/h8,10-11,16H,2-7,9H2,1H3. The normalized spacial score (nSPS) is 16.8. The lowest BCUT2D eigenvalue weighted by Gasteiger charge is -2.32. The molecule has 1 aliphatic heterocycles. The van der Waals surface area contributed by atoms with Gasteiger partial charge < -0.3 is 10.2 Å². The van der Waals surface area contributed by atoms with E-state index in [1.165, 1.54) is 4.88 Å². The van der Waals surface area contributed by atoms with Crippen LogP contribution in [0.2, 0.25) is 0 Å². The second-order valence-electron chi connectivity index (χ2n) is 5.11. The van der Waals surface area contributed by atoms with Gasteiger partial charge in [-0.2, -0.15) is 0 Å². The summed E-state index contributed by atoms with van der Waals surface area (Å²) in [7, 11) is 2.00. The zero-order chi connectivity index (χ0) is 13.7. The Bertz CT molecular complexity index is 413. The number of hydrogen-bond donors (Lipinski definition) is 1. The number of piperidine rings is 1. The Labute approximate surface area is 127 Å². The summed E-state index contributed by atoms with van der Waals surface area (Å²) in [6, 6.07) is 2.11. The van der Waals surface area contributed by atoms with Gasteiger partial charge in [-0.3, -0.25) is 4.79 Å². The maximum Gasteiger partial charge on any atom is 0.222 e. The number of carbonyl (C=O) groups excluding carboxylic acids is 1. The fourth-order valence-corrected chi connectivity index (χ4v) is 4.00. The average Bonchev–Trinajstić information content (AvgIpc) is 2.83. The highest BCUT2D eigenvalue weighted by Crippen LogP contribution is 2.22. The lowest BCUT2D eigenvalue weighted by Crippen LogP contribution is -2.40. The number of halogens is 1. The van der Waals surface area contributed by atoms with Crippen molar-refractivity contribution in [3.05, 3.63) is 20.8 Å². The summed E-state index contributed by atoms with van der Waals surface area (Å²) < 4.78 is 1.12. The predicted molar refractivity (Wildman–Crippen MR) is 83.6 cm³/mol. The molecule has 1 aromatic heterocycles. The number of nitrogens with one attached hydrogen (secondary N) is 1. The van der Waals surface area contributed by atoms with Gasteiger partial charge in [0.25, 0.3) is 0 Å². The number of nitrogens with zero attached hydrogens (tertiary/aromatic N) is 1. The molecule has 1 aromatic rings. The molecule has 0 aromatic carbocycles. The van der Waals surface area contributed by atoms with Crippen LogP contribution in [-0.4, -0.2) is 37.5 Å². The first-order valence-electron chi connectivity index (χ1n) is 6.84. The molecule has 1 amide bonds. The van der Waals surface area contributed by atoms with Gasteiger partial charge in [0.15, 0.2) is 0 Å². The lowest BCUT2D eigenvalue weighted by molar-refractivity contribution is -0.132. The maximum absolute atomic E-state index is 12.1. The van der Waals surface area contributed by atoms with Crippen molar-refractivity contribution in [2.24, 2.45) is 5.92 Å². The average molecular weight is 345 g/mol. The van der Waals surface area contributed by atoms with E-state index in [9.17, 15) is 4.79 Å². The molecule has 3 nitrogen and oxygen atoms in total. The SMILES string of the molecule is CNCC1CCN(C(=O)CCc2cc(Br)cs2)CC1. The van der Waals surface area contributed by atoms with E-state index in [-0.39, 0.29) is 0 Å². The van der Waals surface area contributed by atoms with E-state index in [0.29, 0.717) is 12.3 Å². The van der Waals surface area contributed by atoms with E-state index >= 15 is 0 Å². The van der Waals surface area contributed by atoms with Crippen LogP contribution < -0.4 is 5.32 Å². The quantitative estimate of drug-likeness (QED) is 0.890. The van der Waals surface area contributed by atoms with Crippen molar-refractivity contribution >= 4 is 33.2 Å². The topological polar surface area (TPSA) is 32.3 Å². The van der Waals surface area contributed by atoms with E-state index in [2.05, 4.69) is 32.7 Å². The zero-order valence-corrected chi connectivity index (χ0v) is 13.7. The third-order valence-corrected chi connectivity index (χ3v) is 5.42. The Kier molecular flexibility index (Phi) is 5.85. The summed E-state index contributed by atoms with van der Waals surface area (Å²) in [5, 5.41) is 5.30. The van der Waals surface area contributed by atoms with Crippen LogP contribution in [0.4, 0.5) is 0 Å². The maximum atomic E-state index is 12.1. The van der Waals surface area contributed by atoms with Gasteiger partial charge in [0.2, 0.25) is 5.91 Å². The molecule has 1 N–H and O–H groups in total. The van der Waals surface area contributed by atoms with Gasteiger partial charge in [-0.15, -0.1) is 11.3 Å². The van der Waals surface area contributed by atoms with Crippen molar-refractivity contribution in [3.8, 4) is 0 Å². The van der Waals surface area contributed by atoms with Crippen LogP contribution in [0, 0.1) is 5.92 Å². The molecule has 0 radical (unpaired) electrons. The Morgan fingerprint density at radius 3 is 2.84 bits per heavy atom. The predicted octanol–water partition coefficient (Wildman–Crippen LogP) is 2.90. The highest BCUT2D eigenvalue weighted by molar-refractivity contribution is 9.10. The number of aryl methyl sites for hydroxylation is 1. The van der Waals surface area contributed by atoms with Crippen molar-refractivity contribution in [3.63, 3.8) is 0 Å². The molecule has 1 fully saturated rings. The van der Waals surface area contributed by atoms with Crippen molar-refractivity contribution < 1.29 is 4.79 Å². The van der Waals surface area contributed by atoms with Crippen LogP contribution in [0.5, 0.6) is 0 Å². The van der Waals surface area contributed by atoms with E-state index in [0.717, 1.165) is 49.3 Å². The van der Waals surface area contributed by atoms with Crippen LogP contribution in [-0.2, 0) is 11.2 Å². The van der Waals surface area contributed by atoms with Crippen LogP contribution >= 0.6 is 27.3 Å². The van der Waals surface area contributed by atoms with Gasteiger partial charge in [-0.05, 0) is 60.8 Å². The highest BCUT2D eigenvalue weighted by atomic mass is 79.9. The van der Waals surface area contributed by atoms with Gasteiger partial charge in [0.05, 0.1) is 0 Å². The fraction of sp³-hybridized carbons (Fsp3) is 0.643. The third-order valence-electron chi connectivity index (χ3n) is 3.67. The smallest absolute Gasteiger partial charge is 0.222 e. The molecular weight excluding hydrogens is 324 g/mol. The van der Waals surface area contributed by atoms with E-state index in [1.807, 2.05) is 11.9 Å². The number of rotatable bonds is 5. The molecule has 5 heteroatoms. The first-order chi connectivity index (χ1) is 9.19. The van der Waals surface area contributed by atoms with Crippen LogP contribution in [0.1, 0.15) is 24.1 Å². The molecule has 0 aliphatic carbocycles. The minimum absolute atomic E-state index is 0.312. The van der Waals surface area contributed by atoms with Crippen LogP contribution in [0.25, 0.3) is 0 Å². The van der Waals surface area contributed by atoms with Gasteiger partial charge in [0, 0.05) is 34.2 Å². The number of carbonyl (C=O) groups is 1. The summed E-state index contributed by atoms with van der Waals surface area (Å²) in [4.78, 5) is 15.5. The largest absolute Gasteiger partial charge is 0.343 e. The minimum Gasteiger partial charge on any atom is -0.343 e. The Morgan fingerprint density at radius 1 is 1.53 bits per heavy atom. The molecule has 1 saturated heterocycles. The van der Waals surface area contributed by atoms with Gasteiger partial charge >= 0.3 is 0 Å². The second kappa shape index (κ2) is 7.41. The number of amides is 1. The molecule has 2 rings (SSSR count). The molecule has 0 bridgehead atoms. The summed E-state index contributed by atoms with van der Waals surface area (Å²) in [6.07, 6.45) is 3.78. The van der Waals surface area contributed by atoms with Crippen molar-refractivity contribution in [1.82, 2.24) is 10.2 Å². The number of hydrogen-bond acceptors (Lipinski definition) is 3. The molecule has 0 atom stereocenters.